The Hall–Kier alpha value is -1.27. The van der Waals surface area contributed by atoms with Crippen molar-refractivity contribution in [2.75, 3.05) is 13.2 Å². The molecule has 0 amide bonds. The zero-order valence-electron chi connectivity index (χ0n) is 13.1. The minimum Gasteiger partial charge on any atom is -0.373 e. The van der Waals surface area contributed by atoms with Gasteiger partial charge in [0, 0.05) is 25.3 Å². The third-order valence-corrected chi connectivity index (χ3v) is 5.52. The molecule has 0 radical (unpaired) electrons. The molecule has 1 aliphatic heterocycles. The van der Waals surface area contributed by atoms with Gasteiger partial charge in [0.15, 0.2) is 0 Å². The van der Waals surface area contributed by atoms with Crippen molar-refractivity contribution in [1.82, 2.24) is 9.88 Å². The highest BCUT2D eigenvalue weighted by atomic mass is 32.1. The number of morpholine rings is 1. The normalized spacial score (nSPS) is 27.9. The second-order valence-corrected chi connectivity index (χ2v) is 7.03. The topological polar surface area (TPSA) is 34.6 Å². The van der Waals surface area contributed by atoms with Gasteiger partial charge in [-0.3, -0.25) is 9.88 Å². The molecule has 2 aliphatic rings. The van der Waals surface area contributed by atoms with Crippen LogP contribution in [0.4, 0.5) is 0 Å². The Morgan fingerprint density at radius 2 is 2.30 bits per heavy atom. The number of aromatic nitrogens is 1. The zero-order chi connectivity index (χ0) is 15.5. The van der Waals surface area contributed by atoms with E-state index in [0.29, 0.717) is 12.6 Å². The molecule has 2 aromatic rings. The molecule has 0 spiro atoms. The lowest BCUT2D eigenvalue weighted by Crippen LogP contribution is -2.51. The van der Waals surface area contributed by atoms with E-state index in [-0.39, 0.29) is 12.2 Å². The van der Waals surface area contributed by atoms with Gasteiger partial charge in [-0.25, -0.2) is 0 Å². The second kappa shape index (κ2) is 7.09. The molecule has 4 nitrogen and oxygen atoms in total. The standard InChI is InChI=1S/C18H22N2O2S/c1-2-7-19-15(3-1)12-22-17-5-4-16-18(17)21-9-8-20(16)11-14-6-10-23-13-14/h1-3,6-7,10,13,16-18H,4-5,8-9,11-12H2/t16-,17-,18+/m1/s1. The summed E-state index contributed by atoms with van der Waals surface area (Å²) in [6.45, 7) is 3.42. The smallest absolute Gasteiger partial charge is 0.0992 e. The van der Waals surface area contributed by atoms with Crippen LogP contribution in [0.5, 0.6) is 0 Å². The molecular weight excluding hydrogens is 308 g/mol. The van der Waals surface area contributed by atoms with E-state index in [9.17, 15) is 0 Å². The van der Waals surface area contributed by atoms with Gasteiger partial charge in [-0.1, -0.05) is 6.07 Å². The first-order valence-electron chi connectivity index (χ1n) is 8.28. The van der Waals surface area contributed by atoms with Crippen LogP contribution >= 0.6 is 11.3 Å². The maximum Gasteiger partial charge on any atom is 0.0992 e. The number of nitrogens with zero attached hydrogens (tertiary/aromatic N) is 2. The first-order chi connectivity index (χ1) is 11.4. The average molecular weight is 330 g/mol. The molecule has 2 fully saturated rings. The SMILES string of the molecule is c1ccc(CO[C@@H]2CC[C@@H]3[C@@H]2OCCN3Cc2ccsc2)nc1. The van der Waals surface area contributed by atoms with E-state index in [1.54, 1.807) is 11.3 Å². The fourth-order valence-electron chi connectivity index (χ4n) is 3.66. The lowest BCUT2D eigenvalue weighted by Gasteiger charge is -2.39. The third kappa shape index (κ3) is 3.48. The predicted molar refractivity (Wildman–Crippen MR) is 90.3 cm³/mol. The maximum absolute atomic E-state index is 6.13. The van der Waals surface area contributed by atoms with Crippen molar-refractivity contribution < 1.29 is 9.47 Å². The van der Waals surface area contributed by atoms with Crippen LogP contribution in [0.15, 0.2) is 41.2 Å². The molecule has 0 aromatic carbocycles. The summed E-state index contributed by atoms with van der Waals surface area (Å²) >= 11 is 1.77. The van der Waals surface area contributed by atoms with Gasteiger partial charge < -0.3 is 9.47 Å². The van der Waals surface area contributed by atoms with E-state index in [1.807, 2.05) is 24.4 Å². The third-order valence-electron chi connectivity index (χ3n) is 4.79. The monoisotopic (exact) mass is 330 g/mol. The molecule has 1 aliphatic carbocycles. The van der Waals surface area contributed by atoms with Crippen molar-refractivity contribution in [3.63, 3.8) is 0 Å². The van der Waals surface area contributed by atoms with E-state index in [1.165, 1.54) is 5.56 Å². The van der Waals surface area contributed by atoms with Gasteiger partial charge in [0.2, 0.25) is 0 Å². The molecule has 5 heteroatoms. The maximum atomic E-state index is 6.13. The van der Waals surface area contributed by atoms with Crippen LogP contribution < -0.4 is 0 Å². The van der Waals surface area contributed by atoms with Crippen molar-refractivity contribution in [3.05, 3.63) is 52.5 Å². The lowest BCUT2D eigenvalue weighted by atomic mass is 10.1. The van der Waals surface area contributed by atoms with Gasteiger partial charge in [-0.15, -0.1) is 0 Å². The van der Waals surface area contributed by atoms with Crippen molar-refractivity contribution in [2.24, 2.45) is 0 Å². The Morgan fingerprint density at radius 1 is 1.30 bits per heavy atom. The van der Waals surface area contributed by atoms with E-state index < -0.39 is 0 Å². The molecule has 2 aromatic heterocycles. The molecule has 3 atom stereocenters. The van der Waals surface area contributed by atoms with E-state index in [4.69, 9.17) is 9.47 Å². The van der Waals surface area contributed by atoms with Gasteiger partial charge in [0.05, 0.1) is 31.1 Å². The molecule has 0 N–H and O–H groups in total. The molecule has 0 bridgehead atoms. The fraction of sp³-hybridized carbons (Fsp3) is 0.500. The molecule has 1 saturated heterocycles. The van der Waals surface area contributed by atoms with Gasteiger partial charge in [-0.2, -0.15) is 11.3 Å². The highest BCUT2D eigenvalue weighted by Crippen LogP contribution is 2.33. The van der Waals surface area contributed by atoms with Gasteiger partial charge in [0.1, 0.15) is 0 Å². The Balaban J connectivity index is 1.37. The number of rotatable bonds is 5. The molecule has 23 heavy (non-hydrogen) atoms. The van der Waals surface area contributed by atoms with E-state index in [2.05, 4.69) is 26.7 Å². The summed E-state index contributed by atoms with van der Waals surface area (Å²) in [4.78, 5) is 6.90. The summed E-state index contributed by atoms with van der Waals surface area (Å²) in [6, 6.07) is 8.65. The van der Waals surface area contributed by atoms with Crippen LogP contribution in [0.1, 0.15) is 24.1 Å². The number of pyridine rings is 1. The summed E-state index contributed by atoms with van der Waals surface area (Å²) in [5.41, 5.74) is 2.40. The van der Waals surface area contributed by atoms with Crippen LogP contribution in [0.25, 0.3) is 0 Å². The summed E-state index contributed by atoms with van der Waals surface area (Å²) < 4.78 is 12.2. The molecular formula is C18H22N2O2S. The average Bonchev–Trinajstić information content (AvgIpc) is 3.24. The summed E-state index contributed by atoms with van der Waals surface area (Å²) in [5, 5.41) is 4.40. The van der Waals surface area contributed by atoms with Crippen LogP contribution in [0, 0.1) is 0 Å². The quantitative estimate of drug-likeness (QED) is 0.844. The van der Waals surface area contributed by atoms with Gasteiger partial charge >= 0.3 is 0 Å². The fourth-order valence-corrected chi connectivity index (χ4v) is 4.32. The first-order valence-corrected chi connectivity index (χ1v) is 9.23. The number of thiophene rings is 1. The first kappa shape index (κ1) is 15.3. The molecule has 122 valence electrons. The lowest BCUT2D eigenvalue weighted by molar-refractivity contribution is -0.119. The number of hydrogen-bond acceptors (Lipinski definition) is 5. The van der Waals surface area contributed by atoms with Crippen molar-refractivity contribution in [1.29, 1.82) is 0 Å². The van der Waals surface area contributed by atoms with E-state index >= 15 is 0 Å². The van der Waals surface area contributed by atoms with Crippen LogP contribution in [-0.2, 0) is 22.6 Å². The second-order valence-electron chi connectivity index (χ2n) is 6.25. The number of hydrogen-bond donors (Lipinski definition) is 0. The summed E-state index contributed by atoms with van der Waals surface area (Å²) in [6.07, 6.45) is 4.43. The number of ether oxygens (including phenoxy) is 2. The number of fused-ring (bicyclic) bond motifs is 1. The Kier molecular flexibility index (Phi) is 4.71. The van der Waals surface area contributed by atoms with Gasteiger partial charge in [-0.05, 0) is 47.4 Å². The summed E-state index contributed by atoms with van der Waals surface area (Å²) in [7, 11) is 0. The Bertz CT molecular complexity index is 605. The van der Waals surface area contributed by atoms with Crippen LogP contribution in [-0.4, -0.2) is 41.3 Å². The highest BCUT2D eigenvalue weighted by Gasteiger charge is 2.43. The molecule has 1 saturated carbocycles. The van der Waals surface area contributed by atoms with Crippen molar-refractivity contribution in [3.8, 4) is 0 Å². The van der Waals surface area contributed by atoms with Crippen molar-refractivity contribution in [2.45, 2.75) is 44.2 Å². The summed E-state index contributed by atoms with van der Waals surface area (Å²) in [5.74, 6) is 0. The van der Waals surface area contributed by atoms with Gasteiger partial charge in [0.25, 0.3) is 0 Å². The zero-order valence-corrected chi connectivity index (χ0v) is 14.0. The minimum absolute atomic E-state index is 0.187. The predicted octanol–water partition coefficient (Wildman–Crippen LogP) is 3.09. The van der Waals surface area contributed by atoms with Crippen LogP contribution in [0.3, 0.4) is 0 Å². The molecule has 3 heterocycles. The van der Waals surface area contributed by atoms with E-state index in [0.717, 1.165) is 38.2 Å². The molecule has 4 rings (SSSR count). The van der Waals surface area contributed by atoms with Crippen LogP contribution in [0.2, 0.25) is 0 Å². The van der Waals surface area contributed by atoms with Crippen molar-refractivity contribution >= 4 is 11.3 Å². The minimum atomic E-state index is 0.187. The molecule has 0 unspecified atom stereocenters. The Morgan fingerprint density at radius 3 is 3.13 bits per heavy atom. The Labute approximate surface area is 141 Å². The largest absolute Gasteiger partial charge is 0.373 e. The highest BCUT2D eigenvalue weighted by molar-refractivity contribution is 7.07.